The second-order valence-electron chi connectivity index (χ2n) is 8.20. The fourth-order valence-corrected chi connectivity index (χ4v) is 6.63. The van der Waals surface area contributed by atoms with Crippen LogP contribution in [0.2, 0.25) is 0 Å². The Bertz CT molecular complexity index is 794. The molecule has 1 aromatic carbocycles. The molecule has 5 nitrogen and oxygen atoms in total. The number of likely N-dealkylation sites (tertiary alicyclic amines) is 1. The number of hydrogen-bond donors (Lipinski definition) is 0. The Hall–Kier alpha value is -1.40. The first kappa shape index (κ1) is 18.0. The van der Waals surface area contributed by atoms with Gasteiger partial charge < -0.3 is 9.64 Å². The van der Waals surface area contributed by atoms with Crippen molar-refractivity contribution < 1.29 is 17.9 Å². The Balaban J connectivity index is 1.39. The molecule has 0 N–H and O–H groups in total. The third kappa shape index (κ3) is 3.18. The molecule has 142 valence electrons. The summed E-state index contributed by atoms with van der Waals surface area (Å²) in [6.07, 6.45) is 3.46. The minimum atomic E-state index is -3.16. The maximum absolute atomic E-state index is 12.7. The van der Waals surface area contributed by atoms with Gasteiger partial charge in [0.2, 0.25) is 5.91 Å². The second-order valence-corrected chi connectivity index (χ2v) is 10.7. The number of hydrogen-bond acceptors (Lipinski definition) is 4. The van der Waals surface area contributed by atoms with Crippen molar-refractivity contribution >= 4 is 15.7 Å². The van der Waals surface area contributed by atoms with Crippen LogP contribution in [0.4, 0.5) is 0 Å². The molecular formula is C20H27NO4S. The summed E-state index contributed by atoms with van der Waals surface area (Å²) in [6.45, 7) is 3.92. The van der Waals surface area contributed by atoms with Crippen LogP contribution < -0.4 is 0 Å². The van der Waals surface area contributed by atoms with Crippen LogP contribution in [0.1, 0.15) is 30.4 Å². The fourth-order valence-electron chi connectivity index (χ4n) is 4.23. The maximum Gasteiger partial charge on any atom is 0.227 e. The lowest BCUT2D eigenvalue weighted by molar-refractivity contribution is -0.137. The molecule has 2 aliphatic heterocycles. The summed E-state index contributed by atoms with van der Waals surface area (Å²) < 4.78 is 30.4. The molecule has 1 amide bonds. The van der Waals surface area contributed by atoms with Gasteiger partial charge in [-0.15, -0.1) is 0 Å². The van der Waals surface area contributed by atoms with Crippen molar-refractivity contribution in [1.82, 2.24) is 4.90 Å². The average molecular weight is 378 g/mol. The van der Waals surface area contributed by atoms with Crippen LogP contribution in [0.15, 0.2) is 24.3 Å². The van der Waals surface area contributed by atoms with E-state index in [-0.39, 0.29) is 17.6 Å². The van der Waals surface area contributed by atoms with E-state index < -0.39 is 14.6 Å². The lowest BCUT2D eigenvalue weighted by atomic mass is 9.83. The van der Waals surface area contributed by atoms with Gasteiger partial charge in [-0.25, -0.2) is 8.42 Å². The third-order valence-corrected chi connectivity index (χ3v) is 8.94. The average Bonchev–Trinajstić information content (AvgIpc) is 3.32. The van der Waals surface area contributed by atoms with Gasteiger partial charge in [-0.3, -0.25) is 4.79 Å². The van der Waals surface area contributed by atoms with Gasteiger partial charge in [0.25, 0.3) is 0 Å². The lowest BCUT2D eigenvalue weighted by Crippen LogP contribution is -2.69. The Kier molecular flexibility index (Phi) is 4.59. The van der Waals surface area contributed by atoms with Crippen LogP contribution in [0.5, 0.6) is 0 Å². The van der Waals surface area contributed by atoms with Crippen molar-refractivity contribution in [3.8, 4) is 0 Å². The largest absolute Gasteiger partial charge is 0.381 e. The number of rotatable bonds is 6. The van der Waals surface area contributed by atoms with Crippen molar-refractivity contribution in [1.29, 1.82) is 0 Å². The number of benzene rings is 1. The number of nitrogens with zero attached hydrogens (tertiary/aromatic N) is 1. The zero-order valence-electron chi connectivity index (χ0n) is 15.3. The molecule has 0 bridgehead atoms. The highest BCUT2D eigenvalue weighted by atomic mass is 32.2. The predicted octanol–water partition coefficient (Wildman–Crippen LogP) is 1.98. The molecule has 1 atom stereocenters. The maximum atomic E-state index is 12.7. The highest BCUT2D eigenvalue weighted by Crippen LogP contribution is 2.45. The van der Waals surface area contributed by atoms with E-state index in [2.05, 4.69) is 0 Å². The Morgan fingerprint density at radius 3 is 2.62 bits per heavy atom. The Morgan fingerprint density at radius 1 is 1.19 bits per heavy atom. The van der Waals surface area contributed by atoms with Gasteiger partial charge >= 0.3 is 0 Å². The first-order valence-corrected chi connectivity index (χ1v) is 11.2. The first-order chi connectivity index (χ1) is 12.4. The minimum absolute atomic E-state index is 0.0182. The van der Waals surface area contributed by atoms with E-state index in [0.717, 1.165) is 17.7 Å². The SMILES string of the molecule is Cc1ccccc1CC(=O)N1CC2(C1)[C@@H](COCC1CC1)CCS2(=O)=O. The fraction of sp³-hybridized carbons (Fsp3) is 0.650. The molecule has 1 spiro atoms. The van der Waals surface area contributed by atoms with Crippen LogP contribution in [0.25, 0.3) is 0 Å². The highest BCUT2D eigenvalue weighted by Gasteiger charge is 2.62. The number of carbonyl (C=O) groups excluding carboxylic acids is 1. The van der Waals surface area contributed by atoms with E-state index >= 15 is 0 Å². The van der Waals surface area contributed by atoms with Gasteiger partial charge in [0.1, 0.15) is 4.75 Å². The Morgan fingerprint density at radius 2 is 1.92 bits per heavy atom. The zero-order valence-corrected chi connectivity index (χ0v) is 16.1. The van der Waals surface area contributed by atoms with Crippen LogP contribution in [-0.2, 0) is 25.8 Å². The number of aryl methyl sites for hydroxylation is 1. The van der Waals surface area contributed by atoms with Gasteiger partial charge in [0.05, 0.1) is 18.8 Å². The van der Waals surface area contributed by atoms with Crippen molar-refractivity contribution in [2.75, 3.05) is 32.1 Å². The lowest BCUT2D eigenvalue weighted by Gasteiger charge is -2.50. The van der Waals surface area contributed by atoms with Crippen LogP contribution >= 0.6 is 0 Å². The molecule has 3 aliphatic rings. The van der Waals surface area contributed by atoms with E-state index in [1.807, 2.05) is 31.2 Å². The van der Waals surface area contributed by atoms with E-state index in [4.69, 9.17) is 4.74 Å². The quantitative estimate of drug-likeness (QED) is 0.760. The molecule has 2 saturated heterocycles. The third-order valence-electron chi connectivity index (χ3n) is 6.34. The van der Waals surface area contributed by atoms with E-state index in [9.17, 15) is 13.2 Å². The molecule has 0 radical (unpaired) electrons. The van der Waals surface area contributed by atoms with Crippen molar-refractivity contribution in [3.63, 3.8) is 0 Å². The summed E-state index contributed by atoms with van der Waals surface area (Å²) in [5.41, 5.74) is 2.10. The molecule has 6 heteroatoms. The van der Waals surface area contributed by atoms with Crippen LogP contribution in [-0.4, -0.2) is 56.0 Å². The number of amides is 1. The van der Waals surface area contributed by atoms with Crippen LogP contribution in [0.3, 0.4) is 0 Å². The number of carbonyl (C=O) groups is 1. The van der Waals surface area contributed by atoms with Crippen molar-refractivity contribution in [2.45, 2.75) is 37.4 Å². The van der Waals surface area contributed by atoms with E-state index in [1.54, 1.807) is 4.90 Å². The van der Waals surface area contributed by atoms with Gasteiger partial charge in [0, 0.05) is 25.6 Å². The molecule has 1 aliphatic carbocycles. The van der Waals surface area contributed by atoms with Crippen LogP contribution in [0, 0.1) is 18.8 Å². The topological polar surface area (TPSA) is 63.7 Å². The molecule has 0 unspecified atom stereocenters. The molecular weight excluding hydrogens is 350 g/mol. The predicted molar refractivity (Wildman–Crippen MR) is 99.6 cm³/mol. The molecule has 0 aromatic heterocycles. The zero-order chi connectivity index (χ0) is 18.4. The molecule has 2 heterocycles. The van der Waals surface area contributed by atoms with E-state index in [1.165, 1.54) is 12.8 Å². The minimum Gasteiger partial charge on any atom is -0.381 e. The first-order valence-electron chi connectivity index (χ1n) is 9.54. The number of sulfone groups is 1. The summed E-state index contributed by atoms with van der Waals surface area (Å²) in [5.74, 6) is 0.945. The molecule has 4 rings (SSSR count). The molecule has 3 fully saturated rings. The summed E-state index contributed by atoms with van der Waals surface area (Å²) in [7, 11) is -3.16. The Labute approximate surface area is 155 Å². The second kappa shape index (κ2) is 6.64. The summed E-state index contributed by atoms with van der Waals surface area (Å²) in [5, 5.41) is 0. The van der Waals surface area contributed by atoms with E-state index in [0.29, 0.717) is 38.5 Å². The summed E-state index contributed by atoms with van der Waals surface area (Å²) in [6, 6.07) is 7.85. The highest BCUT2D eigenvalue weighted by molar-refractivity contribution is 7.93. The molecule has 1 saturated carbocycles. The number of ether oxygens (including phenoxy) is 1. The monoisotopic (exact) mass is 377 g/mol. The molecule has 1 aromatic rings. The molecule has 26 heavy (non-hydrogen) atoms. The normalized spacial score (nSPS) is 26.0. The summed E-state index contributed by atoms with van der Waals surface area (Å²) in [4.78, 5) is 14.3. The van der Waals surface area contributed by atoms with Gasteiger partial charge in [-0.2, -0.15) is 0 Å². The van der Waals surface area contributed by atoms with Crippen molar-refractivity contribution in [3.05, 3.63) is 35.4 Å². The summed E-state index contributed by atoms with van der Waals surface area (Å²) >= 11 is 0. The smallest absolute Gasteiger partial charge is 0.227 e. The van der Waals surface area contributed by atoms with Crippen molar-refractivity contribution in [2.24, 2.45) is 11.8 Å². The standard InChI is InChI=1S/C20H27NO4S/c1-15-4-2-3-5-17(15)10-19(22)21-13-20(14-21)18(8-9-26(20,23)24)12-25-11-16-6-7-16/h2-5,16,18H,6-14H2,1H3/t18-/m1/s1. The van der Waals surface area contributed by atoms with Gasteiger partial charge in [-0.1, -0.05) is 24.3 Å². The van der Waals surface area contributed by atoms with Gasteiger partial charge in [-0.05, 0) is 43.2 Å². The van der Waals surface area contributed by atoms with Gasteiger partial charge in [0.15, 0.2) is 9.84 Å².